The van der Waals surface area contributed by atoms with Gasteiger partial charge in [-0.05, 0) is 32.2 Å². The Morgan fingerprint density at radius 3 is 2.71 bits per heavy atom. The minimum absolute atomic E-state index is 0.0623. The van der Waals surface area contributed by atoms with Crippen LogP contribution in [-0.2, 0) is 4.79 Å². The van der Waals surface area contributed by atoms with Crippen molar-refractivity contribution < 1.29 is 14.7 Å². The second kappa shape index (κ2) is 5.46. The van der Waals surface area contributed by atoms with Gasteiger partial charge in [0.1, 0.15) is 0 Å². The van der Waals surface area contributed by atoms with E-state index in [1.807, 2.05) is 4.90 Å². The Kier molecular flexibility index (Phi) is 3.96. The van der Waals surface area contributed by atoms with Crippen LogP contribution in [-0.4, -0.2) is 53.7 Å². The lowest BCUT2D eigenvalue weighted by molar-refractivity contribution is -0.121. The molecule has 1 aliphatic carbocycles. The van der Waals surface area contributed by atoms with Gasteiger partial charge in [-0.1, -0.05) is 0 Å². The molecule has 1 saturated heterocycles. The zero-order valence-electron chi connectivity index (χ0n) is 9.82. The maximum Gasteiger partial charge on any atom is 0.321 e. The number of hydrogen-bond donors (Lipinski definition) is 3. The number of carbonyl (C=O) groups excluding carboxylic acids is 2. The Balaban J connectivity index is 1.70. The molecule has 1 atom stereocenters. The number of imide groups is 1. The minimum Gasteiger partial charge on any atom is -0.395 e. The summed E-state index contributed by atoms with van der Waals surface area (Å²) >= 11 is 0. The summed E-state index contributed by atoms with van der Waals surface area (Å²) in [7, 11) is 0. The molecule has 0 bridgehead atoms. The Labute approximate surface area is 100 Å². The fourth-order valence-electron chi connectivity index (χ4n) is 2.11. The summed E-state index contributed by atoms with van der Waals surface area (Å²) in [6.45, 7) is 1.06. The molecule has 2 aliphatic rings. The summed E-state index contributed by atoms with van der Waals surface area (Å²) in [5.74, 6) is -0.302. The van der Waals surface area contributed by atoms with Crippen molar-refractivity contribution in [1.29, 1.82) is 0 Å². The number of nitrogens with zero attached hydrogens (tertiary/aromatic N) is 1. The van der Waals surface area contributed by atoms with Gasteiger partial charge in [-0.15, -0.1) is 0 Å². The van der Waals surface area contributed by atoms with Gasteiger partial charge >= 0.3 is 6.03 Å². The van der Waals surface area contributed by atoms with E-state index in [0.29, 0.717) is 0 Å². The van der Waals surface area contributed by atoms with E-state index < -0.39 is 6.03 Å². The molecule has 3 amide bonds. The summed E-state index contributed by atoms with van der Waals surface area (Å²) < 4.78 is 0. The molecular formula is C11H19N3O3. The van der Waals surface area contributed by atoms with Crippen LogP contribution in [0.5, 0.6) is 0 Å². The third-order valence-corrected chi connectivity index (χ3v) is 3.22. The first-order valence-electron chi connectivity index (χ1n) is 6.14. The SMILES string of the molecule is O=C(CN1CCC[C@H]1CO)NC(=O)NC1CC1. The van der Waals surface area contributed by atoms with Crippen LogP contribution in [0.1, 0.15) is 25.7 Å². The fraction of sp³-hybridized carbons (Fsp3) is 0.818. The van der Waals surface area contributed by atoms with Crippen molar-refractivity contribution in [2.45, 2.75) is 37.8 Å². The van der Waals surface area contributed by atoms with Crippen LogP contribution in [0.15, 0.2) is 0 Å². The summed E-state index contributed by atoms with van der Waals surface area (Å²) in [5.41, 5.74) is 0. The molecule has 3 N–H and O–H groups in total. The van der Waals surface area contributed by atoms with E-state index in [0.717, 1.165) is 32.2 Å². The Morgan fingerprint density at radius 1 is 1.29 bits per heavy atom. The largest absolute Gasteiger partial charge is 0.395 e. The van der Waals surface area contributed by atoms with E-state index in [1.165, 1.54) is 0 Å². The number of urea groups is 1. The topological polar surface area (TPSA) is 81.7 Å². The Morgan fingerprint density at radius 2 is 2.06 bits per heavy atom. The molecule has 0 spiro atoms. The van der Waals surface area contributed by atoms with Crippen molar-refractivity contribution in [3.63, 3.8) is 0 Å². The van der Waals surface area contributed by atoms with Gasteiger partial charge < -0.3 is 10.4 Å². The Hall–Kier alpha value is -1.14. The molecule has 6 heteroatoms. The van der Waals surface area contributed by atoms with E-state index in [2.05, 4.69) is 10.6 Å². The number of aliphatic hydroxyl groups is 1. The van der Waals surface area contributed by atoms with Gasteiger partial charge in [-0.2, -0.15) is 0 Å². The van der Waals surface area contributed by atoms with Crippen molar-refractivity contribution in [3.8, 4) is 0 Å². The lowest BCUT2D eigenvalue weighted by atomic mass is 10.2. The first-order valence-corrected chi connectivity index (χ1v) is 6.14. The highest BCUT2D eigenvalue weighted by Crippen LogP contribution is 2.18. The second-order valence-corrected chi connectivity index (χ2v) is 4.75. The second-order valence-electron chi connectivity index (χ2n) is 4.75. The number of likely N-dealkylation sites (tertiary alicyclic amines) is 1. The van der Waals surface area contributed by atoms with E-state index >= 15 is 0 Å². The van der Waals surface area contributed by atoms with Crippen molar-refractivity contribution in [2.24, 2.45) is 0 Å². The normalized spacial score (nSPS) is 24.6. The fourth-order valence-corrected chi connectivity index (χ4v) is 2.11. The maximum absolute atomic E-state index is 11.6. The van der Waals surface area contributed by atoms with Crippen molar-refractivity contribution >= 4 is 11.9 Å². The third kappa shape index (κ3) is 3.67. The predicted octanol–water partition coefficient (Wildman–Crippen LogP) is -0.569. The van der Waals surface area contributed by atoms with Crippen molar-refractivity contribution in [2.75, 3.05) is 19.7 Å². The van der Waals surface area contributed by atoms with Gasteiger partial charge in [-0.3, -0.25) is 15.0 Å². The molecule has 0 aromatic heterocycles. The number of carbonyl (C=O) groups is 2. The molecule has 0 aromatic carbocycles. The monoisotopic (exact) mass is 241 g/mol. The molecule has 2 fully saturated rings. The average Bonchev–Trinajstić information content (AvgIpc) is 2.95. The summed E-state index contributed by atoms with van der Waals surface area (Å²) in [5, 5.41) is 14.1. The minimum atomic E-state index is -0.405. The molecule has 1 saturated carbocycles. The molecule has 0 unspecified atom stereocenters. The standard InChI is InChI=1S/C11H19N3O3/c15-7-9-2-1-5-14(9)6-10(16)13-11(17)12-8-3-4-8/h8-9,15H,1-7H2,(H2,12,13,16,17)/t9-/m0/s1. The summed E-state index contributed by atoms with van der Waals surface area (Å²) in [4.78, 5) is 24.8. The molecule has 96 valence electrons. The van der Waals surface area contributed by atoms with Crippen molar-refractivity contribution in [3.05, 3.63) is 0 Å². The number of hydrogen-bond acceptors (Lipinski definition) is 4. The van der Waals surface area contributed by atoms with E-state index in [1.54, 1.807) is 0 Å². The van der Waals surface area contributed by atoms with Crippen LogP contribution < -0.4 is 10.6 Å². The first kappa shape index (κ1) is 12.3. The smallest absolute Gasteiger partial charge is 0.321 e. The summed E-state index contributed by atoms with van der Waals surface area (Å²) in [6.07, 6.45) is 3.91. The van der Waals surface area contributed by atoms with Crippen LogP contribution in [0.4, 0.5) is 4.79 Å². The molecule has 6 nitrogen and oxygen atoms in total. The first-order chi connectivity index (χ1) is 8.19. The van der Waals surface area contributed by atoms with E-state index in [4.69, 9.17) is 5.11 Å². The van der Waals surface area contributed by atoms with Crippen LogP contribution in [0.2, 0.25) is 0 Å². The lowest BCUT2D eigenvalue weighted by Crippen LogP contribution is -2.46. The van der Waals surface area contributed by atoms with Crippen LogP contribution >= 0.6 is 0 Å². The highest BCUT2D eigenvalue weighted by atomic mass is 16.3. The molecule has 17 heavy (non-hydrogen) atoms. The van der Waals surface area contributed by atoms with Gasteiger partial charge in [0.05, 0.1) is 13.2 Å². The van der Waals surface area contributed by atoms with E-state index in [-0.39, 0.29) is 31.1 Å². The van der Waals surface area contributed by atoms with Gasteiger partial charge in [0.2, 0.25) is 5.91 Å². The molecule has 0 radical (unpaired) electrons. The van der Waals surface area contributed by atoms with Crippen LogP contribution in [0.3, 0.4) is 0 Å². The lowest BCUT2D eigenvalue weighted by Gasteiger charge is -2.21. The van der Waals surface area contributed by atoms with Crippen LogP contribution in [0, 0.1) is 0 Å². The van der Waals surface area contributed by atoms with E-state index in [9.17, 15) is 9.59 Å². The molecular weight excluding hydrogens is 222 g/mol. The highest BCUT2D eigenvalue weighted by molar-refractivity contribution is 5.95. The number of nitrogens with one attached hydrogen (secondary N) is 2. The number of rotatable bonds is 4. The van der Waals surface area contributed by atoms with Crippen molar-refractivity contribution in [1.82, 2.24) is 15.5 Å². The summed E-state index contributed by atoms with van der Waals surface area (Å²) in [6, 6.07) is -0.0933. The van der Waals surface area contributed by atoms with Gasteiger partial charge in [0, 0.05) is 12.1 Å². The van der Waals surface area contributed by atoms with Gasteiger partial charge in [-0.25, -0.2) is 4.79 Å². The molecule has 2 rings (SSSR count). The zero-order chi connectivity index (χ0) is 12.3. The number of amides is 3. The zero-order valence-corrected chi connectivity index (χ0v) is 9.82. The highest BCUT2D eigenvalue weighted by Gasteiger charge is 2.27. The molecule has 1 aliphatic heterocycles. The predicted molar refractivity (Wildman–Crippen MR) is 61.4 cm³/mol. The third-order valence-electron chi connectivity index (χ3n) is 3.22. The molecule has 0 aromatic rings. The number of aliphatic hydroxyl groups excluding tert-OH is 1. The van der Waals surface area contributed by atoms with Gasteiger partial charge in [0.25, 0.3) is 0 Å². The Bertz CT molecular complexity index is 304. The van der Waals surface area contributed by atoms with Crippen LogP contribution in [0.25, 0.3) is 0 Å². The molecule has 1 heterocycles. The van der Waals surface area contributed by atoms with Gasteiger partial charge in [0.15, 0.2) is 0 Å². The quantitative estimate of drug-likeness (QED) is 0.616. The maximum atomic E-state index is 11.6. The average molecular weight is 241 g/mol.